The molecule has 3 heteroatoms. The molecule has 0 bridgehead atoms. The molecule has 100 valence electrons. The normalized spacial score (nSPS) is 16.9. The third-order valence-electron chi connectivity index (χ3n) is 3.34. The summed E-state index contributed by atoms with van der Waals surface area (Å²) in [5.41, 5.74) is 2.57. The van der Waals surface area contributed by atoms with Crippen LogP contribution in [0.5, 0.6) is 0 Å². The molecule has 1 fully saturated rings. The van der Waals surface area contributed by atoms with Gasteiger partial charge in [0.25, 0.3) is 0 Å². The van der Waals surface area contributed by atoms with E-state index in [-0.39, 0.29) is 0 Å². The van der Waals surface area contributed by atoms with Crippen LogP contribution >= 0.6 is 0 Å². The summed E-state index contributed by atoms with van der Waals surface area (Å²) in [4.78, 5) is 0. The topological polar surface area (TPSA) is 30.5 Å². The zero-order valence-electron chi connectivity index (χ0n) is 11.2. The van der Waals surface area contributed by atoms with Crippen molar-refractivity contribution in [3.8, 4) is 0 Å². The van der Waals surface area contributed by atoms with Crippen LogP contribution in [0.3, 0.4) is 0 Å². The van der Waals surface area contributed by atoms with Crippen LogP contribution in [-0.4, -0.2) is 26.9 Å². The van der Waals surface area contributed by atoms with Crippen LogP contribution in [0.25, 0.3) is 0 Å². The Kier molecular flexibility index (Phi) is 5.65. The minimum absolute atomic E-state index is 0.680. The molecular formula is C15H23NO2. The van der Waals surface area contributed by atoms with Crippen LogP contribution in [0.15, 0.2) is 24.3 Å². The van der Waals surface area contributed by atoms with E-state index in [1.165, 1.54) is 11.1 Å². The molecule has 1 aliphatic heterocycles. The lowest BCUT2D eigenvalue weighted by Gasteiger charge is -2.21. The van der Waals surface area contributed by atoms with Gasteiger partial charge in [-0.2, -0.15) is 0 Å². The van der Waals surface area contributed by atoms with E-state index in [0.717, 1.165) is 45.8 Å². The fraction of sp³-hybridized carbons (Fsp3) is 0.600. The number of nitrogens with one attached hydrogen (secondary N) is 1. The molecule has 3 nitrogen and oxygen atoms in total. The Morgan fingerprint density at radius 1 is 1.28 bits per heavy atom. The molecule has 0 atom stereocenters. The average molecular weight is 249 g/mol. The van der Waals surface area contributed by atoms with Gasteiger partial charge in [-0.25, -0.2) is 0 Å². The molecule has 0 radical (unpaired) electrons. The smallest absolute Gasteiger partial charge is 0.0717 e. The number of benzene rings is 1. The zero-order valence-corrected chi connectivity index (χ0v) is 11.2. The molecular weight excluding hydrogens is 226 g/mol. The molecule has 0 unspecified atom stereocenters. The molecule has 2 rings (SSSR count). The summed E-state index contributed by atoms with van der Waals surface area (Å²) in [6.07, 6.45) is 2.28. The quantitative estimate of drug-likeness (QED) is 0.839. The van der Waals surface area contributed by atoms with Crippen molar-refractivity contribution in [3.63, 3.8) is 0 Å². The number of hydrogen-bond donors (Lipinski definition) is 1. The van der Waals surface area contributed by atoms with E-state index in [9.17, 15) is 0 Å². The van der Waals surface area contributed by atoms with Gasteiger partial charge < -0.3 is 14.8 Å². The molecule has 1 heterocycles. The van der Waals surface area contributed by atoms with Gasteiger partial charge >= 0.3 is 0 Å². The second kappa shape index (κ2) is 7.52. The van der Waals surface area contributed by atoms with Crippen LogP contribution < -0.4 is 5.32 Å². The van der Waals surface area contributed by atoms with Crippen LogP contribution in [-0.2, 0) is 22.6 Å². The fourth-order valence-corrected chi connectivity index (χ4v) is 2.29. The summed E-state index contributed by atoms with van der Waals surface area (Å²) in [7, 11) is 1.97. The molecule has 0 saturated carbocycles. The lowest BCUT2D eigenvalue weighted by atomic mass is 10.0. The fourth-order valence-electron chi connectivity index (χ4n) is 2.29. The first-order valence-corrected chi connectivity index (χ1v) is 6.76. The van der Waals surface area contributed by atoms with Gasteiger partial charge in [-0.05, 0) is 36.9 Å². The van der Waals surface area contributed by atoms with Crippen LogP contribution in [0.1, 0.15) is 24.0 Å². The Balaban J connectivity index is 1.73. The molecule has 18 heavy (non-hydrogen) atoms. The molecule has 0 aliphatic carbocycles. The molecule has 1 aliphatic rings. The van der Waals surface area contributed by atoms with E-state index in [1.54, 1.807) is 0 Å². The molecule has 1 aromatic rings. The van der Waals surface area contributed by atoms with Crippen molar-refractivity contribution in [1.82, 2.24) is 5.32 Å². The van der Waals surface area contributed by atoms with Gasteiger partial charge in [0.05, 0.1) is 13.2 Å². The maximum Gasteiger partial charge on any atom is 0.0717 e. The van der Waals surface area contributed by atoms with E-state index < -0.39 is 0 Å². The molecule has 1 saturated heterocycles. The maximum atomic E-state index is 5.82. The summed E-state index contributed by atoms with van der Waals surface area (Å²) in [5, 5.41) is 3.16. The highest BCUT2D eigenvalue weighted by molar-refractivity contribution is 5.22. The summed E-state index contributed by atoms with van der Waals surface area (Å²) < 4.78 is 11.2. The molecule has 0 aromatic heterocycles. The van der Waals surface area contributed by atoms with E-state index >= 15 is 0 Å². The average Bonchev–Trinajstić information content (AvgIpc) is 2.41. The maximum absolute atomic E-state index is 5.82. The predicted molar refractivity (Wildman–Crippen MR) is 72.4 cm³/mol. The summed E-state index contributed by atoms with van der Waals surface area (Å²) in [6, 6.07) is 8.57. The Morgan fingerprint density at radius 3 is 2.83 bits per heavy atom. The minimum atomic E-state index is 0.680. The van der Waals surface area contributed by atoms with Gasteiger partial charge in [0.1, 0.15) is 0 Å². The second-order valence-electron chi connectivity index (χ2n) is 4.92. The highest BCUT2D eigenvalue weighted by Gasteiger charge is 2.13. The molecule has 1 N–H and O–H groups in total. The third-order valence-corrected chi connectivity index (χ3v) is 3.34. The van der Waals surface area contributed by atoms with Crippen molar-refractivity contribution >= 4 is 0 Å². The largest absolute Gasteiger partial charge is 0.381 e. The number of rotatable bonds is 6. The lowest BCUT2D eigenvalue weighted by Crippen LogP contribution is -2.20. The second-order valence-corrected chi connectivity index (χ2v) is 4.92. The van der Waals surface area contributed by atoms with Crippen LogP contribution in [0.2, 0.25) is 0 Å². The Bertz CT molecular complexity index is 348. The SMILES string of the molecule is CNCc1cccc(COCC2CCOCC2)c1. The van der Waals surface area contributed by atoms with E-state index in [1.807, 2.05) is 7.05 Å². The summed E-state index contributed by atoms with van der Waals surface area (Å²) >= 11 is 0. The van der Waals surface area contributed by atoms with Crippen molar-refractivity contribution in [1.29, 1.82) is 0 Å². The Morgan fingerprint density at radius 2 is 2.06 bits per heavy atom. The first-order chi connectivity index (χ1) is 8.88. The Labute approximate surface area is 109 Å². The number of hydrogen-bond acceptors (Lipinski definition) is 3. The van der Waals surface area contributed by atoms with Crippen molar-refractivity contribution in [2.45, 2.75) is 26.0 Å². The van der Waals surface area contributed by atoms with Crippen LogP contribution in [0.4, 0.5) is 0 Å². The molecule has 0 spiro atoms. The lowest BCUT2D eigenvalue weighted by molar-refractivity contribution is 0.0157. The third kappa shape index (κ3) is 4.41. The van der Waals surface area contributed by atoms with Crippen molar-refractivity contribution in [2.24, 2.45) is 5.92 Å². The van der Waals surface area contributed by atoms with Gasteiger partial charge in [-0.1, -0.05) is 24.3 Å². The number of ether oxygens (including phenoxy) is 2. The summed E-state index contributed by atoms with van der Waals surface area (Å²) in [5.74, 6) is 0.680. The van der Waals surface area contributed by atoms with Gasteiger partial charge in [-0.3, -0.25) is 0 Å². The van der Waals surface area contributed by atoms with Crippen molar-refractivity contribution in [3.05, 3.63) is 35.4 Å². The van der Waals surface area contributed by atoms with E-state index in [0.29, 0.717) is 5.92 Å². The highest BCUT2D eigenvalue weighted by Crippen LogP contribution is 2.15. The first kappa shape index (κ1) is 13.5. The van der Waals surface area contributed by atoms with E-state index in [2.05, 4.69) is 29.6 Å². The van der Waals surface area contributed by atoms with Gasteiger partial charge in [0.15, 0.2) is 0 Å². The molecule has 1 aromatic carbocycles. The first-order valence-electron chi connectivity index (χ1n) is 6.76. The Hall–Kier alpha value is -0.900. The zero-order chi connectivity index (χ0) is 12.6. The van der Waals surface area contributed by atoms with Gasteiger partial charge in [-0.15, -0.1) is 0 Å². The predicted octanol–water partition coefficient (Wildman–Crippen LogP) is 2.35. The van der Waals surface area contributed by atoms with E-state index in [4.69, 9.17) is 9.47 Å². The van der Waals surface area contributed by atoms with Crippen molar-refractivity contribution < 1.29 is 9.47 Å². The summed E-state index contributed by atoms with van der Waals surface area (Å²) in [6.45, 7) is 4.28. The van der Waals surface area contributed by atoms with Gasteiger partial charge in [0.2, 0.25) is 0 Å². The van der Waals surface area contributed by atoms with Crippen molar-refractivity contribution in [2.75, 3.05) is 26.9 Å². The minimum Gasteiger partial charge on any atom is -0.381 e. The standard InChI is InChI=1S/C15H23NO2/c1-16-10-14-3-2-4-15(9-14)12-18-11-13-5-7-17-8-6-13/h2-4,9,13,16H,5-8,10-12H2,1H3. The monoisotopic (exact) mass is 249 g/mol. The highest BCUT2D eigenvalue weighted by atomic mass is 16.5. The molecule has 0 amide bonds. The van der Waals surface area contributed by atoms with Gasteiger partial charge in [0, 0.05) is 19.8 Å². The van der Waals surface area contributed by atoms with Crippen LogP contribution in [0, 0.1) is 5.92 Å².